The lowest BCUT2D eigenvalue weighted by molar-refractivity contribution is -0.125. The van der Waals surface area contributed by atoms with Crippen LogP contribution in [0.4, 0.5) is 4.79 Å². The Labute approximate surface area is 71.3 Å². The zero-order chi connectivity index (χ0) is 9.14. The molecule has 1 fully saturated rings. The van der Waals surface area contributed by atoms with E-state index in [1.165, 1.54) is 0 Å². The van der Waals surface area contributed by atoms with E-state index in [4.69, 9.17) is 9.94 Å². The van der Waals surface area contributed by atoms with Gasteiger partial charge in [0.2, 0.25) is 0 Å². The quantitative estimate of drug-likeness (QED) is 0.553. The summed E-state index contributed by atoms with van der Waals surface area (Å²) in [6, 6.07) is 0.336. The largest absolute Gasteiger partial charge is 0.463 e. The van der Waals surface area contributed by atoms with E-state index in [1.54, 1.807) is 0 Å². The summed E-state index contributed by atoms with van der Waals surface area (Å²) in [5.41, 5.74) is 0. The van der Waals surface area contributed by atoms with E-state index in [-0.39, 0.29) is 12.1 Å². The lowest BCUT2D eigenvalue weighted by Gasteiger charge is -2.17. The zero-order valence-corrected chi connectivity index (χ0v) is 7.28. The normalized spacial score (nSPS) is 31.3. The first-order chi connectivity index (χ1) is 5.59. The van der Waals surface area contributed by atoms with Gasteiger partial charge >= 0.3 is 6.09 Å². The molecule has 1 rings (SSSR count). The molecule has 0 aromatic heterocycles. The Morgan fingerprint density at radius 1 is 1.58 bits per heavy atom. The SMILES string of the molecule is C[C@@H]1CON(C(=O)O)C[C@H](C)N1. The third kappa shape index (κ3) is 2.35. The van der Waals surface area contributed by atoms with E-state index < -0.39 is 6.09 Å². The molecule has 1 heterocycles. The van der Waals surface area contributed by atoms with Crippen LogP contribution in [-0.2, 0) is 4.84 Å². The van der Waals surface area contributed by atoms with Gasteiger partial charge in [-0.2, -0.15) is 5.06 Å². The number of carbonyl (C=O) groups is 1. The highest BCUT2D eigenvalue weighted by atomic mass is 16.7. The van der Waals surface area contributed by atoms with Crippen LogP contribution in [0.15, 0.2) is 0 Å². The highest BCUT2D eigenvalue weighted by Gasteiger charge is 2.22. The van der Waals surface area contributed by atoms with Gasteiger partial charge < -0.3 is 10.4 Å². The lowest BCUT2D eigenvalue weighted by atomic mass is 10.3. The summed E-state index contributed by atoms with van der Waals surface area (Å²) < 4.78 is 0. The zero-order valence-electron chi connectivity index (χ0n) is 7.28. The highest BCUT2D eigenvalue weighted by Crippen LogP contribution is 2.02. The molecule has 12 heavy (non-hydrogen) atoms. The molecule has 0 spiro atoms. The second kappa shape index (κ2) is 3.73. The Morgan fingerprint density at radius 2 is 2.25 bits per heavy atom. The van der Waals surface area contributed by atoms with E-state index in [1.807, 2.05) is 13.8 Å². The molecule has 0 aromatic carbocycles. The predicted molar refractivity (Wildman–Crippen MR) is 42.7 cm³/mol. The van der Waals surface area contributed by atoms with Crippen LogP contribution in [0.3, 0.4) is 0 Å². The number of rotatable bonds is 0. The number of nitrogens with zero attached hydrogens (tertiary/aromatic N) is 1. The van der Waals surface area contributed by atoms with Gasteiger partial charge in [0, 0.05) is 12.1 Å². The fourth-order valence-electron chi connectivity index (χ4n) is 1.22. The van der Waals surface area contributed by atoms with Gasteiger partial charge in [-0.25, -0.2) is 4.79 Å². The van der Waals surface area contributed by atoms with Gasteiger partial charge in [0.15, 0.2) is 0 Å². The van der Waals surface area contributed by atoms with Gasteiger partial charge in [-0.15, -0.1) is 0 Å². The van der Waals surface area contributed by atoms with Crippen LogP contribution in [-0.4, -0.2) is 41.5 Å². The molecule has 0 unspecified atom stereocenters. The molecule has 0 saturated carbocycles. The van der Waals surface area contributed by atoms with Crippen LogP contribution in [0.5, 0.6) is 0 Å². The molecule has 0 aliphatic carbocycles. The van der Waals surface area contributed by atoms with Gasteiger partial charge in [-0.3, -0.25) is 4.84 Å². The van der Waals surface area contributed by atoms with Crippen molar-refractivity contribution in [1.82, 2.24) is 10.4 Å². The first-order valence-electron chi connectivity index (χ1n) is 3.99. The summed E-state index contributed by atoms with van der Waals surface area (Å²) in [4.78, 5) is 15.6. The Kier molecular flexibility index (Phi) is 2.88. The maximum Gasteiger partial charge on any atom is 0.431 e. The van der Waals surface area contributed by atoms with Crippen molar-refractivity contribution in [2.45, 2.75) is 25.9 Å². The lowest BCUT2D eigenvalue weighted by Crippen LogP contribution is -2.39. The Morgan fingerprint density at radius 3 is 2.83 bits per heavy atom. The molecule has 5 heteroatoms. The minimum absolute atomic E-state index is 0.138. The number of hydroxylamine groups is 2. The topological polar surface area (TPSA) is 61.8 Å². The summed E-state index contributed by atoms with van der Waals surface area (Å²) >= 11 is 0. The van der Waals surface area contributed by atoms with Crippen molar-refractivity contribution in [2.24, 2.45) is 0 Å². The standard InChI is InChI=1S/C7H14N2O3/c1-5-3-9(7(10)11)12-4-6(2)8-5/h5-6,8H,3-4H2,1-2H3,(H,10,11)/t5-,6+/m0/s1. The molecule has 1 aliphatic rings. The van der Waals surface area contributed by atoms with Crippen molar-refractivity contribution in [3.63, 3.8) is 0 Å². The van der Waals surface area contributed by atoms with Gasteiger partial charge in [0.1, 0.15) is 0 Å². The fourth-order valence-corrected chi connectivity index (χ4v) is 1.22. The van der Waals surface area contributed by atoms with Crippen molar-refractivity contribution in [1.29, 1.82) is 0 Å². The van der Waals surface area contributed by atoms with E-state index in [2.05, 4.69) is 5.32 Å². The van der Waals surface area contributed by atoms with Crippen molar-refractivity contribution >= 4 is 6.09 Å². The van der Waals surface area contributed by atoms with Crippen LogP contribution in [0.25, 0.3) is 0 Å². The first kappa shape index (κ1) is 9.28. The molecule has 70 valence electrons. The number of carboxylic acid groups (broad SMARTS) is 1. The van der Waals surface area contributed by atoms with Gasteiger partial charge in [0.05, 0.1) is 13.2 Å². The van der Waals surface area contributed by atoms with E-state index >= 15 is 0 Å². The van der Waals surface area contributed by atoms with Gasteiger partial charge in [0.25, 0.3) is 0 Å². The molecule has 0 radical (unpaired) electrons. The third-order valence-corrected chi connectivity index (χ3v) is 1.70. The first-order valence-corrected chi connectivity index (χ1v) is 3.99. The van der Waals surface area contributed by atoms with Crippen LogP contribution < -0.4 is 5.32 Å². The van der Waals surface area contributed by atoms with Crippen molar-refractivity contribution in [2.75, 3.05) is 13.2 Å². The molecule has 1 saturated heterocycles. The van der Waals surface area contributed by atoms with Crippen LogP contribution in [0.2, 0.25) is 0 Å². The maximum atomic E-state index is 10.5. The van der Waals surface area contributed by atoms with E-state index in [9.17, 15) is 4.79 Å². The molecule has 0 aromatic rings. The van der Waals surface area contributed by atoms with Gasteiger partial charge in [-0.05, 0) is 13.8 Å². The summed E-state index contributed by atoms with van der Waals surface area (Å²) in [5, 5.41) is 12.8. The predicted octanol–water partition coefficient (Wildman–Crippen LogP) is 0.278. The average Bonchev–Trinajstić information content (AvgIpc) is 2.11. The summed E-state index contributed by atoms with van der Waals surface area (Å²) in [5.74, 6) is 0. The minimum atomic E-state index is -1.03. The monoisotopic (exact) mass is 174 g/mol. The summed E-state index contributed by atoms with van der Waals surface area (Å²) in [6.45, 7) is 4.67. The number of hydrogen-bond acceptors (Lipinski definition) is 3. The molecule has 1 aliphatic heterocycles. The van der Waals surface area contributed by atoms with Crippen LogP contribution in [0, 0.1) is 0 Å². The smallest absolute Gasteiger partial charge is 0.431 e. The average molecular weight is 174 g/mol. The minimum Gasteiger partial charge on any atom is -0.463 e. The third-order valence-electron chi connectivity index (χ3n) is 1.70. The van der Waals surface area contributed by atoms with Crippen molar-refractivity contribution in [3.8, 4) is 0 Å². The molecule has 5 nitrogen and oxygen atoms in total. The maximum absolute atomic E-state index is 10.5. The number of hydrogen-bond donors (Lipinski definition) is 2. The molecular weight excluding hydrogens is 160 g/mol. The van der Waals surface area contributed by atoms with Crippen molar-refractivity contribution in [3.05, 3.63) is 0 Å². The second-order valence-electron chi connectivity index (χ2n) is 3.11. The second-order valence-corrected chi connectivity index (χ2v) is 3.11. The van der Waals surface area contributed by atoms with E-state index in [0.717, 1.165) is 5.06 Å². The molecule has 2 N–H and O–H groups in total. The Bertz CT molecular complexity index is 174. The van der Waals surface area contributed by atoms with Gasteiger partial charge in [-0.1, -0.05) is 0 Å². The molecular formula is C7H14N2O3. The fraction of sp³-hybridized carbons (Fsp3) is 0.857. The van der Waals surface area contributed by atoms with Crippen LogP contribution in [0.1, 0.15) is 13.8 Å². The van der Waals surface area contributed by atoms with Crippen molar-refractivity contribution < 1.29 is 14.7 Å². The molecule has 2 atom stereocenters. The number of nitrogens with one attached hydrogen (secondary N) is 1. The molecule has 1 amide bonds. The highest BCUT2D eigenvalue weighted by molar-refractivity contribution is 5.63. The summed E-state index contributed by atoms with van der Waals surface area (Å²) in [7, 11) is 0. The Hall–Kier alpha value is -0.810. The van der Waals surface area contributed by atoms with Crippen LogP contribution >= 0.6 is 0 Å². The van der Waals surface area contributed by atoms with E-state index in [0.29, 0.717) is 13.2 Å². The number of amides is 1. The molecule has 0 bridgehead atoms. The summed E-state index contributed by atoms with van der Waals surface area (Å²) in [6.07, 6.45) is -1.03. The Balaban J connectivity index is 2.52.